The Balaban J connectivity index is 1.89. The monoisotopic (exact) mass is 405 g/mol. The van der Waals surface area contributed by atoms with Crippen molar-refractivity contribution >= 4 is 11.8 Å². The lowest BCUT2D eigenvalue weighted by atomic mass is 10.0. The number of hydrogen-bond donors (Lipinski definition) is 1. The number of hydrogen-bond acceptors (Lipinski definition) is 3. The Morgan fingerprint density at radius 1 is 0.967 bits per heavy atom. The number of nitrogens with one attached hydrogen (secondary N) is 1. The van der Waals surface area contributed by atoms with Crippen molar-refractivity contribution in [2.45, 2.75) is 32.5 Å². The summed E-state index contributed by atoms with van der Waals surface area (Å²) in [6, 6.07) is 18.0. The van der Waals surface area contributed by atoms with Crippen molar-refractivity contribution in [1.82, 2.24) is 15.2 Å². The molecule has 2 amide bonds. The molecule has 1 atom stereocenters. The molecule has 0 aliphatic carbocycles. The molecule has 0 aliphatic rings. The fraction of sp³-hybridized carbons (Fsp3) is 0.208. The average molecular weight is 405 g/mol. The van der Waals surface area contributed by atoms with E-state index in [4.69, 9.17) is 0 Å². The van der Waals surface area contributed by atoms with Gasteiger partial charge in [0.15, 0.2) is 0 Å². The average Bonchev–Trinajstić information content (AvgIpc) is 2.79. The Morgan fingerprint density at radius 3 is 2.27 bits per heavy atom. The molecule has 6 heteroatoms. The predicted molar refractivity (Wildman–Crippen MR) is 113 cm³/mol. The number of amides is 2. The van der Waals surface area contributed by atoms with Crippen molar-refractivity contribution < 1.29 is 14.0 Å². The van der Waals surface area contributed by atoms with Gasteiger partial charge in [-0.1, -0.05) is 49.4 Å². The van der Waals surface area contributed by atoms with Gasteiger partial charge in [-0.15, -0.1) is 0 Å². The summed E-state index contributed by atoms with van der Waals surface area (Å²) in [5, 5.41) is 2.93. The van der Waals surface area contributed by atoms with Crippen LogP contribution in [0.4, 0.5) is 4.39 Å². The Bertz CT molecular complexity index is 963. The molecule has 1 N–H and O–H groups in total. The van der Waals surface area contributed by atoms with Gasteiger partial charge in [0.1, 0.15) is 11.9 Å². The molecule has 0 spiro atoms. The molecule has 154 valence electrons. The normalized spacial score (nSPS) is 11.5. The maximum absolute atomic E-state index is 13.3. The van der Waals surface area contributed by atoms with E-state index in [-0.39, 0.29) is 30.6 Å². The maximum atomic E-state index is 13.3. The maximum Gasteiger partial charge on any atom is 0.247 e. The molecule has 2 aromatic carbocycles. The largest absolute Gasteiger partial charge is 0.350 e. The highest BCUT2D eigenvalue weighted by molar-refractivity contribution is 5.88. The van der Waals surface area contributed by atoms with Crippen LogP contribution in [0.5, 0.6) is 0 Å². The van der Waals surface area contributed by atoms with E-state index in [0.717, 1.165) is 11.1 Å². The summed E-state index contributed by atoms with van der Waals surface area (Å²) in [5.41, 5.74) is 2.38. The summed E-state index contributed by atoms with van der Waals surface area (Å²) in [5.74, 6) is -0.781. The summed E-state index contributed by atoms with van der Waals surface area (Å²) in [6.07, 6.45) is 3.58. The molecule has 0 bridgehead atoms. The summed E-state index contributed by atoms with van der Waals surface area (Å²) in [4.78, 5) is 31.6. The molecule has 1 aromatic heterocycles. The van der Waals surface area contributed by atoms with E-state index in [1.807, 2.05) is 42.5 Å². The minimum atomic E-state index is -0.800. The Morgan fingerprint density at radius 2 is 1.63 bits per heavy atom. The highest BCUT2D eigenvalue weighted by Crippen LogP contribution is 2.25. The number of rotatable bonds is 8. The first-order chi connectivity index (χ1) is 14.6. The molecular weight excluding hydrogens is 381 g/mol. The van der Waals surface area contributed by atoms with Crippen molar-refractivity contribution in [2.24, 2.45) is 0 Å². The van der Waals surface area contributed by atoms with E-state index >= 15 is 0 Å². The van der Waals surface area contributed by atoms with Crippen molar-refractivity contribution in [3.8, 4) is 0 Å². The molecule has 3 aromatic rings. The fourth-order valence-corrected chi connectivity index (χ4v) is 3.21. The van der Waals surface area contributed by atoms with Crippen molar-refractivity contribution in [2.75, 3.05) is 0 Å². The van der Waals surface area contributed by atoms with Crippen LogP contribution in [0.1, 0.15) is 36.1 Å². The third kappa shape index (κ3) is 5.50. The SMILES string of the molecule is CCC(=O)N(Cc1ccc(F)cc1)[C@H](C(=O)NCc1ccncc1)c1ccccc1. The molecule has 3 rings (SSSR count). The predicted octanol–water partition coefficient (Wildman–Crippen LogP) is 4.02. The second-order valence-corrected chi connectivity index (χ2v) is 6.89. The van der Waals surface area contributed by atoms with Crippen LogP contribution < -0.4 is 5.32 Å². The molecule has 1 heterocycles. The van der Waals surface area contributed by atoms with E-state index in [1.165, 1.54) is 12.1 Å². The first-order valence-electron chi connectivity index (χ1n) is 9.84. The minimum Gasteiger partial charge on any atom is -0.350 e. The first-order valence-corrected chi connectivity index (χ1v) is 9.84. The van der Waals surface area contributed by atoms with Crippen molar-refractivity contribution in [1.29, 1.82) is 0 Å². The zero-order valence-electron chi connectivity index (χ0n) is 16.8. The van der Waals surface area contributed by atoms with Crippen LogP contribution in [0, 0.1) is 5.82 Å². The van der Waals surface area contributed by atoms with E-state index in [2.05, 4.69) is 10.3 Å². The lowest BCUT2D eigenvalue weighted by molar-refractivity contribution is -0.141. The molecule has 0 fully saturated rings. The quantitative estimate of drug-likeness (QED) is 0.616. The van der Waals surface area contributed by atoms with E-state index in [9.17, 15) is 14.0 Å². The van der Waals surface area contributed by atoms with E-state index in [1.54, 1.807) is 36.4 Å². The number of pyridine rings is 1. The highest BCUT2D eigenvalue weighted by atomic mass is 19.1. The van der Waals surface area contributed by atoms with Gasteiger partial charge in [-0.25, -0.2) is 4.39 Å². The van der Waals surface area contributed by atoms with Crippen molar-refractivity contribution in [3.05, 3.63) is 102 Å². The van der Waals surface area contributed by atoms with Gasteiger partial charge in [0, 0.05) is 31.9 Å². The minimum absolute atomic E-state index is 0.160. The van der Waals surface area contributed by atoms with Crippen LogP contribution in [0.2, 0.25) is 0 Å². The zero-order valence-corrected chi connectivity index (χ0v) is 16.8. The molecular formula is C24H24FN3O2. The molecule has 0 saturated heterocycles. The highest BCUT2D eigenvalue weighted by Gasteiger charge is 2.30. The number of benzene rings is 2. The standard InChI is InChI=1S/C24H24FN3O2/c1-2-22(29)28(17-19-8-10-21(25)11-9-19)23(20-6-4-3-5-7-20)24(30)27-16-18-12-14-26-15-13-18/h3-15,23H,2,16-17H2,1H3,(H,27,30)/t23-/m0/s1. The van der Waals surface area contributed by atoms with Crippen LogP contribution in [0.25, 0.3) is 0 Å². The van der Waals surface area contributed by atoms with Crippen LogP contribution >= 0.6 is 0 Å². The Kier molecular flexibility index (Phi) is 7.27. The first kappa shape index (κ1) is 21.2. The van der Waals surface area contributed by atoms with Gasteiger partial charge in [0.25, 0.3) is 0 Å². The van der Waals surface area contributed by atoms with E-state index in [0.29, 0.717) is 12.1 Å². The van der Waals surface area contributed by atoms with Gasteiger partial charge in [-0.2, -0.15) is 0 Å². The van der Waals surface area contributed by atoms with Gasteiger partial charge in [0.05, 0.1) is 0 Å². The van der Waals surface area contributed by atoms with Crippen molar-refractivity contribution in [3.63, 3.8) is 0 Å². The number of carbonyl (C=O) groups is 2. The van der Waals surface area contributed by atoms with Crippen LogP contribution in [0.15, 0.2) is 79.1 Å². The van der Waals surface area contributed by atoms with E-state index < -0.39 is 6.04 Å². The fourth-order valence-electron chi connectivity index (χ4n) is 3.21. The molecule has 0 radical (unpaired) electrons. The molecule has 30 heavy (non-hydrogen) atoms. The summed E-state index contributed by atoms with van der Waals surface area (Å²) < 4.78 is 13.3. The molecule has 5 nitrogen and oxygen atoms in total. The number of carbonyl (C=O) groups excluding carboxylic acids is 2. The van der Waals surface area contributed by atoms with Crippen LogP contribution in [0.3, 0.4) is 0 Å². The van der Waals surface area contributed by atoms with Gasteiger partial charge in [0.2, 0.25) is 11.8 Å². The summed E-state index contributed by atoms with van der Waals surface area (Å²) >= 11 is 0. The molecule has 0 saturated carbocycles. The zero-order chi connectivity index (χ0) is 21.3. The smallest absolute Gasteiger partial charge is 0.247 e. The third-order valence-corrected chi connectivity index (χ3v) is 4.78. The third-order valence-electron chi connectivity index (χ3n) is 4.78. The number of halogens is 1. The lowest BCUT2D eigenvalue weighted by Gasteiger charge is -2.31. The van der Waals surface area contributed by atoms with Crippen LogP contribution in [-0.4, -0.2) is 21.7 Å². The second-order valence-electron chi connectivity index (χ2n) is 6.89. The topological polar surface area (TPSA) is 62.3 Å². The van der Waals surface area contributed by atoms with Gasteiger partial charge >= 0.3 is 0 Å². The summed E-state index contributed by atoms with van der Waals surface area (Å²) in [6.45, 7) is 2.29. The molecule has 0 aliphatic heterocycles. The Labute approximate surface area is 175 Å². The number of aromatic nitrogens is 1. The number of nitrogens with zero attached hydrogens (tertiary/aromatic N) is 2. The van der Waals surface area contributed by atoms with Gasteiger partial charge < -0.3 is 10.2 Å². The Hall–Kier alpha value is -3.54. The van der Waals surface area contributed by atoms with Gasteiger partial charge in [-0.05, 0) is 41.0 Å². The van der Waals surface area contributed by atoms with Crippen LogP contribution in [-0.2, 0) is 22.7 Å². The lowest BCUT2D eigenvalue weighted by Crippen LogP contribution is -2.43. The summed E-state index contributed by atoms with van der Waals surface area (Å²) in [7, 11) is 0. The second kappa shape index (κ2) is 10.3. The van der Waals surface area contributed by atoms with Gasteiger partial charge in [-0.3, -0.25) is 14.6 Å². The molecule has 0 unspecified atom stereocenters.